The van der Waals surface area contributed by atoms with Crippen molar-refractivity contribution in [1.82, 2.24) is 14.5 Å². The number of aryl methyl sites for hydroxylation is 1. The Labute approximate surface area is 155 Å². The number of piperidine rings is 1. The molecule has 0 unspecified atom stereocenters. The third kappa shape index (κ3) is 4.02. The van der Waals surface area contributed by atoms with Crippen molar-refractivity contribution in [3.05, 3.63) is 35.9 Å². The first-order valence-electron chi connectivity index (χ1n) is 7.78. The van der Waals surface area contributed by atoms with E-state index in [1.807, 2.05) is 25.1 Å². The first kappa shape index (κ1) is 17.9. The SMILES string of the molecule is Cc1cc([As])nnc1Sc1ccc(S(=O)(=O)N2CCCCC2)cc1. The molecule has 1 aromatic heterocycles. The van der Waals surface area contributed by atoms with Crippen LogP contribution in [0.25, 0.3) is 0 Å². The minimum absolute atomic E-state index is 0.359. The maximum absolute atomic E-state index is 12.6. The molecule has 3 rings (SSSR count). The van der Waals surface area contributed by atoms with Crippen LogP contribution in [-0.4, -0.2) is 52.9 Å². The van der Waals surface area contributed by atoms with Crippen LogP contribution in [0.4, 0.5) is 0 Å². The van der Waals surface area contributed by atoms with Gasteiger partial charge < -0.3 is 0 Å². The molecular formula is C16H18AsN3O2S2. The van der Waals surface area contributed by atoms with Gasteiger partial charge in [-0.1, -0.05) is 6.42 Å². The second-order valence-corrected chi connectivity index (χ2v) is 9.69. The van der Waals surface area contributed by atoms with E-state index in [1.165, 1.54) is 11.8 Å². The summed E-state index contributed by atoms with van der Waals surface area (Å²) < 4.78 is 27.7. The third-order valence-electron chi connectivity index (χ3n) is 3.92. The number of rotatable bonds is 4. The van der Waals surface area contributed by atoms with Gasteiger partial charge in [0.15, 0.2) is 0 Å². The third-order valence-corrected chi connectivity index (χ3v) is 7.39. The van der Waals surface area contributed by atoms with Crippen LogP contribution >= 0.6 is 11.8 Å². The van der Waals surface area contributed by atoms with Crippen molar-refractivity contribution in [3.63, 3.8) is 0 Å². The molecule has 2 radical (unpaired) electrons. The van der Waals surface area contributed by atoms with Crippen LogP contribution in [0.2, 0.25) is 0 Å². The van der Waals surface area contributed by atoms with E-state index in [-0.39, 0.29) is 0 Å². The molecule has 0 amide bonds. The zero-order valence-corrected chi connectivity index (χ0v) is 16.9. The number of benzene rings is 1. The second kappa shape index (κ2) is 7.56. The van der Waals surface area contributed by atoms with Gasteiger partial charge in [0.2, 0.25) is 0 Å². The maximum atomic E-state index is 12.6. The van der Waals surface area contributed by atoms with E-state index in [1.54, 1.807) is 16.4 Å². The van der Waals surface area contributed by atoms with Crippen LogP contribution in [0.1, 0.15) is 24.8 Å². The number of hydrogen-bond donors (Lipinski definition) is 0. The van der Waals surface area contributed by atoms with Crippen molar-refractivity contribution in [2.24, 2.45) is 0 Å². The molecule has 1 fully saturated rings. The molecule has 1 aliphatic rings. The number of nitrogens with zero attached hydrogens (tertiary/aromatic N) is 3. The Morgan fingerprint density at radius 2 is 1.75 bits per heavy atom. The van der Waals surface area contributed by atoms with Crippen LogP contribution < -0.4 is 4.48 Å². The average molecular weight is 423 g/mol. The molecular weight excluding hydrogens is 405 g/mol. The summed E-state index contributed by atoms with van der Waals surface area (Å²) in [5, 5.41) is 9.07. The first-order chi connectivity index (χ1) is 11.5. The molecule has 0 bridgehead atoms. The van der Waals surface area contributed by atoms with Crippen LogP contribution in [0.5, 0.6) is 0 Å². The van der Waals surface area contributed by atoms with Gasteiger partial charge in [0.25, 0.3) is 0 Å². The predicted molar refractivity (Wildman–Crippen MR) is 95.3 cm³/mol. The topological polar surface area (TPSA) is 63.2 Å². The van der Waals surface area contributed by atoms with Gasteiger partial charge in [-0.15, -0.1) is 0 Å². The molecule has 8 heteroatoms. The van der Waals surface area contributed by atoms with Crippen LogP contribution in [0.3, 0.4) is 0 Å². The monoisotopic (exact) mass is 423 g/mol. The van der Waals surface area contributed by atoms with Gasteiger partial charge in [0, 0.05) is 0 Å². The Morgan fingerprint density at radius 1 is 1.08 bits per heavy atom. The Kier molecular flexibility index (Phi) is 5.65. The fourth-order valence-electron chi connectivity index (χ4n) is 2.61. The Balaban J connectivity index is 1.77. The minimum atomic E-state index is -3.37. The van der Waals surface area contributed by atoms with Crippen LogP contribution in [0.15, 0.2) is 45.1 Å². The summed E-state index contributed by atoms with van der Waals surface area (Å²) in [6, 6.07) is 8.99. The number of hydrogen-bond acceptors (Lipinski definition) is 5. The molecule has 0 spiro atoms. The zero-order chi connectivity index (χ0) is 17.2. The molecule has 0 N–H and O–H groups in total. The van der Waals surface area contributed by atoms with Crippen molar-refractivity contribution in [1.29, 1.82) is 0 Å². The Morgan fingerprint density at radius 3 is 2.38 bits per heavy atom. The van der Waals surface area contributed by atoms with E-state index in [4.69, 9.17) is 0 Å². The van der Waals surface area contributed by atoms with Gasteiger partial charge in [0.1, 0.15) is 0 Å². The molecule has 1 aromatic carbocycles. The number of sulfonamides is 1. The molecule has 2 heterocycles. The van der Waals surface area contributed by atoms with E-state index in [9.17, 15) is 8.42 Å². The molecule has 24 heavy (non-hydrogen) atoms. The zero-order valence-electron chi connectivity index (χ0n) is 13.3. The average Bonchev–Trinajstić information content (AvgIpc) is 2.59. The van der Waals surface area contributed by atoms with E-state index < -0.39 is 10.0 Å². The van der Waals surface area contributed by atoms with Crippen LogP contribution in [0, 0.1) is 6.92 Å². The fraction of sp³-hybridized carbons (Fsp3) is 0.375. The van der Waals surface area contributed by atoms with E-state index in [2.05, 4.69) is 27.1 Å². The van der Waals surface area contributed by atoms with Gasteiger partial charge in [-0.25, -0.2) is 0 Å². The quantitative estimate of drug-likeness (QED) is 0.703. The summed E-state index contributed by atoms with van der Waals surface area (Å²) >= 11 is 3.86. The second-order valence-electron chi connectivity index (χ2n) is 5.73. The Hall–Kier alpha value is -0.882. The van der Waals surface area contributed by atoms with Crippen molar-refractivity contribution < 1.29 is 8.42 Å². The van der Waals surface area contributed by atoms with Crippen LogP contribution in [-0.2, 0) is 10.0 Å². The fourth-order valence-corrected chi connectivity index (χ4v) is 5.42. The van der Waals surface area contributed by atoms with Crippen molar-refractivity contribution in [2.75, 3.05) is 13.1 Å². The summed E-state index contributed by atoms with van der Waals surface area (Å²) in [6.07, 6.45) is 2.99. The van der Waals surface area contributed by atoms with Gasteiger partial charge in [-0.05, 0) is 12.8 Å². The molecule has 0 saturated carbocycles. The summed E-state index contributed by atoms with van der Waals surface area (Å²) in [7, 11) is -3.37. The molecule has 5 nitrogen and oxygen atoms in total. The Bertz CT molecular complexity index is 820. The molecule has 126 valence electrons. The molecule has 2 aromatic rings. The number of aromatic nitrogens is 2. The summed E-state index contributed by atoms with van der Waals surface area (Å²) in [6.45, 7) is 3.23. The molecule has 1 aliphatic heterocycles. The molecule has 0 atom stereocenters. The van der Waals surface area contributed by atoms with E-state index >= 15 is 0 Å². The first-order valence-corrected chi connectivity index (χ1v) is 11.0. The molecule has 1 saturated heterocycles. The van der Waals surface area contributed by atoms with Crippen molar-refractivity contribution in [3.8, 4) is 0 Å². The standard InChI is InChI=1S/C16H18AsN3O2S2/c1-12-11-15(17)18-19-16(12)23-13-5-7-14(8-6-13)24(21,22)20-9-3-2-4-10-20/h5-8,11H,2-4,9-10H2,1H3. The van der Waals surface area contributed by atoms with Gasteiger partial charge in [0.05, 0.1) is 0 Å². The predicted octanol–water partition coefficient (Wildman–Crippen LogP) is 1.90. The van der Waals surface area contributed by atoms with E-state index in [0.29, 0.717) is 18.0 Å². The normalized spacial score (nSPS) is 16.2. The van der Waals surface area contributed by atoms with Crippen molar-refractivity contribution >= 4 is 43.1 Å². The van der Waals surface area contributed by atoms with Gasteiger partial charge >= 0.3 is 137 Å². The summed E-state index contributed by atoms with van der Waals surface area (Å²) in [5.41, 5.74) is 1.05. The summed E-state index contributed by atoms with van der Waals surface area (Å²) in [4.78, 5) is 1.31. The van der Waals surface area contributed by atoms with E-state index in [0.717, 1.165) is 39.2 Å². The molecule has 0 aliphatic carbocycles. The van der Waals surface area contributed by atoms with Gasteiger partial charge in [-0.2, -0.15) is 0 Å². The van der Waals surface area contributed by atoms with Crippen molar-refractivity contribution in [2.45, 2.75) is 41.0 Å². The summed E-state index contributed by atoms with van der Waals surface area (Å²) in [5.74, 6) is 0. The van der Waals surface area contributed by atoms with Gasteiger partial charge in [-0.3, -0.25) is 0 Å².